The highest BCUT2D eigenvalue weighted by Crippen LogP contribution is 2.28. The highest BCUT2D eigenvalue weighted by atomic mass is 16.3. The molecule has 1 aliphatic rings. The van der Waals surface area contributed by atoms with Crippen LogP contribution >= 0.6 is 0 Å². The van der Waals surface area contributed by atoms with Crippen LogP contribution in [0, 0.1) is 5.92 Å². The molecule has 0 saturated heterocycles. The van der Waals surface area contributed by atoms with E-state index in [-0.39, 0.29) is 11.7 Å². The van der Waals surface area contributed by atoms with E-state index in [1.807, 2.05) is 12.1 Å². The van der Waals surface area contributed by atoms with Gasteiger partial charge in [-0.25, -0.2) is 0 Å². The maximum Gasteiger partial charge on any atom is 0.220 e. The first-order chi connectivity index (χ1) is 9.24. The largest absolute Gasteiger partial charge is 0.508 e. The highest BCUT2D eigenvalue weighted by molar-refractivity contribution is 5.75. The average Bonchev–Trinajstić information content (AvgIpc) is 2.92. The smallest absolute Gasteiger partial charge is 0.220 e. The van der Waals surface area contributed by atoms with Crippen LogP contribution in [0.5, 0.6) is 5.75 Å². The molecule has 1 fully saturated rings. The summed E-state index contributed by atoms with van der Waals surface area (Å²) < 4.78 is 0. The first kappa shape index (κ1) is 13.9. The van der Waals surface area contributed by atoms with Gasteiger partial charge in [0.25, 0.3) is 0 Å². The fourth-order valence-electron chi connectivity index (χ4n) is 2.73. The van der Waals surface area contributed by atoms with Crippen LogP contribution in [0.15, 0.2) is 24.3 Å². The first-order valence-corrected chi connectivity index (χ1v) is 7.28. The molecular formula is C16H23NO2. The number of benzene rings is 1. The standard InChI is InChI=1S/C16H23NO2/c18-15-8-5-14(6-9-15)11-12-17-16(19)10-7-13-3-1-2-4-13/h5-6,8-9,13,18H,1-4,7,10-12H2,(H,17,19). The van der Waals surface area contributed by atoms with Crippen LogP contribution in [0.2, 0.25) is 0 Å². The Morgan fingerprint density at radius 1 is 1.21 bits per heavy atom. The maximum atomic E-state index is 11.7. The van der Waals surface area contributed by atoms with Crippen molar-refractivity contribution in [3.63, 3.8) is 0 Å². The number of hydrogen-bond acceptors (Lipinski definition) is 2. The second-order valence-electron chi connectivity index (χ2n) is 5.46. The summed E-state index contributed by atoms with van der Waals surface area (Å²) in [6, 6.07) is 7.13. The summed E-state index contributed by atoms with van der Waals surface area (Å²) in [5.41, 5.74) is 1.13. The van der Waals surface area contributed by atoms with Gasteiger partial charge in [-0.1, -0.05) is 37.8 Å². The van der Waals surface area contributed by atoms with Crippen LogP contribution < -0.4 is 5.32 Å². The summed E-state index contributed by atoms with van der Waals surface area (Å²) >= 11 is 0. The fourth-order valence-corrected chi connectivity index (χ4v) is 2.73. The molecule has 1 aromatic carbocycles. The number of aromatic hydroxyl groups is 1. The van der Waals surface area contributed by atoms with Gasteiger partial charge in [0, 0.05) is 13.0 Å². The van der Waals surface area contributed by atoms with Crippen LogP contribution in [0.4, 0.5) is 0 Å². The van der Waals surface area contributed by atoms with Crippen LogP contribution in [-0.4, -0.2) is 17.6 Å². The molecule has 104 valence electrons. The Morgan fingerprint density at radius 2 is 1.89 bits per heavy atom. The molecule has 0 atom stereocenters. The molecule has 0 heterocycles. The number of phenols is 1. The molecule has 0 aromatic heterocycles. The Bertz CT molecular complexity index is 394. The molecule has 1 amide bonds. The normalized spacial score (nSPS) is 15.6. The minimum Gasteiger partial charge on any atom is -0.508 e. The molecule has 0 bridgehead atoms. The van der Waals surface area contributed by atoms with E-state index in [1.54, 1.807) is 12.1 Å². The molecule has 2 N–H and O–H groups in total. The van der Waals surface area contributed by atoms with E-state index in [0.29, 0.717) is 13.0 Å². The van der Waals surface area contributed by atoms with Crippen molar-refractivity contribution in [1.29, 1.82) is 0 Å². The van der Waals surface area contributed by atoms with E-state index < -0.39 is 0 Å². The van der Waals surface area contributed by atoms with E-state index in [9.17, 15) is 9.90 Å². The molecule has 0 unspecified atom stereocenters. The van der Waals surface area contributed by atoms with Gasteiger partial charge in [0.15, 0.2) is 0 Å². The lowest BCUT2D eigenvalue weighted by atomic mass is 10.0. The van der Waals surface area contributed by atoms with Crippen molar-refractivity contribution in [2.75, 3.05) is 6.54 Å². The third kappa shape index (κ3) is 4.93. The summed E-state index contributed by atoms with van der Waals surface area (Å²) in [5, 5.41) is 12.1. The SMILES string of the molecule is O=C(CCC1CCCC1)NCCc1ccc(O)cc1. The summed E-state index contributed by atoms with van der Waals surface area (Å²) in [4.78, 5) is 11.7. The van der Waals surface area contributed by atoms with Gasteiger partial charge < -0.3 is 10.4 Å². The Balaban J connectivity index is 1.59. The van der Waals surface area contributed by atoms with Gasteiger partial charge in [-0.05, 0) is 36.5 Å². The average molecular weight is 261 g/mol. The number of carbonyl (C=O) groups excluding carboxylic acids is 1. The van der Waals surface area contributed by atoms with E-state index in [2.05, 4.69) is 5.32 Å². The van der Waals surface area contributed by atoms with Gasteiger partial charge in [-0.2, -0.15) is 0 Å². The summed E-state index contributed by atoms with van der Waals surface area (Å²) in [6.07, 6.45) is 7.82. The van der Waals surface area contributed by atoms with Crippen molar-refractivity contribution in [3.8, 4) is 5.75 Å². The highest BCUT2D eigenvalue weighted by Gasteiger charge is 2.15. The summed E-state index contributed by atoms with van der Waals surface area (Å²) in [6.45, 7) is 0.675. The van der Waals surface area contributed by atoms with Crippen molar-refractivity contribution in [1.82, 2.24) is 5.32 Å². The third-order valence-electron chi connectivity index (χ3n) is 3.93. The molecule has 2 rings (SSSR count). The molecule has 1 aliphatic carbocycles. The lowest BCUT2D eigenvalue weighted by molar-refractivity contribution is -0.121. The van der Waals surface area contributed by atoms with Crippen LogP contribution in [0.1, 0.15) is 44.1 Å². The molecule has 1 aromatic rings. The van der Waals surface area contributed by atoms with Gasteiger partial charge in [0.1, 0.15) is 5.75 Å². The predicted molar refractivity (Wildman–Crippen MR) is 76.0 cm³/mol. The number of carbonyl (C=O) groups is 1. The molecule has 0 aliphatic heterocycles. The van der Waals surface area contributed by atoms with Crippen LogP contribution in [0.3, 0.4) is 0 Å². The number of nitrogens with one attached hydrogen (secondary N) is 1. The third-order valence-corrected chi connectivity index (χ3v) is 3.93. The van der Waals surface area contributed by atoms with Crippen LogP contribution in [0.25, 0.3) is 0 Å². The molecule has 0 radical (unpaired) electrons. The van der Waals surface area contributed by atoms with Crippen molar-refractivity contribution in [2.24, 2.45) is 5.92 Å². The minimum absolute atomic E-state index is 0.172. The number of phenolic OH excluding ortho intramolecular Hbond substituents is 1. The van der Waals surface area contributed by atoms with Gasteiger partial charge in [-0.3, -0.25) is 4.79 Å². The van der Waals surface area contributed by atoms with Crippen molar-refractivity contribution in [2.45, 2.75) is 44.9 Å². The fraction of sp³-hybridized carbons (Fsp3) is 0.562. The number of hydrogen-bond donors (Lipinski definition) is 2. The maximum absolute atomic E-state index is 11.7. The Labute approximate surface area is 115 Å². The Kier molecular flexibility index (Phi) is 5.25. The Morgan fingerprint density at radius 3 is 2.58 bits per heavy atom. The van der Waals surface area contributed by atoms with Crippen molar-refractivity contribution in [3.05, 3.63) is 29.8 Å². The van der Waals surface area contributed by atoms with Crippen LogP contribution in [-0.2, 0) is 11.2 Å². The molecular weight excluding hydrogens is 238 g/mol. The topological polar surface area (TPSA) is 49.3 Å². The predicted octanol–water partition coefficient (Wildman–Crippen LogP) is 3.02. The monoisotopic (exact) mass is 261 g/mol. The second-order valence-corrected chi connectivity index (χ2v) is 5.46. The van der Waals surface area contributed by atoms with E-state index in [4.69, 9.17) is 0 Å². The zero-order valence-corrected chi connectivity index (χ0v) is 11.4. The Hall–Kier alpha value is -1.51. The summed E-state index contributed by atoms with van der Waals surface area (Å²) in [7, 11) is 0. The zero-order valence-electron chi connectivity index (χ0n) is 11.4. The van der Waals surface area contributed by atoms with Crippen molar-refractivity contribution >= 4 is 5.91 Å². The van der Waals surface area contributed by atoms with E-state index >= 15 is 0 Å². The molecule has 19 heavy (non-hydrogen) atoms. The molecule has 3 heteroatoms. The minimum atomic E-state index is 0.172. The van der Waals surface area contributed by atoms with E-state index in [1.165, 1.54) is 25.7 Å². The molecule has 0 spiro atoms. The van der Waals surface area contributed by atoms with E-state index in [0.717, 1.165) is 24.3 Å². The second kappa shape index (κ2) is 7.17. The first-order valence-electron chi connectivity index (χ1n) is 7.28. The van der Waals surface area contributed by atoms with Crippen molar-refractivity contribution < 1.29 is 9.90 Å². The van der Waals surface area contributed by atoms with Gasteiger partial charge in [0.2, 0.25) is 5.91 Å². The zero-order chi connectivity index (χ0) is 13.5. The van der Waals surface area contributed by atoms with Gasteiger partial charge in [-0.15, -0.1) is 0 Å². The number of rotatable bonds is 6. The molecule has 3 nitrogen and oxygen atoms in total. The van der Waals surface area contributed by atoms with Gasteiger partial charge in [0.05, 0.1) is 0 Å². The number of amides is 1. The quantitative estimate of drug-likeness (QED) is 0.827. The lowest BCUT2D eigenvalue weighted by Gasteiger charge is -2.09. The summed E-state index contributed by atoms with van der Waals surface area (Å²) in [5.74, 6) is 1.23. The molecule has 1 saturated carbocycles. The lowest BCUT2D eigenvalue weighted by Crippen LogP contribution is -2.25. The van der Waals surface area contributed by atoms with Gasteiger partial charge >= 0.3 is 0 Å².